The van der Waals surface area contributed by atoms with Gasteiger partial charge in [0.25, 0.3) is 5.56 Å². The molecule has 0 radical (unpaired) electrons. The standard InChI is InChI=1S/C20H20N6O4S/c1-9-5-10-7-13(31-17(10)12(6-9)30-2)15-14-16(19(27)23-22-18(14)21)26(24-15)11-3-4-25(8-11)20(28)29/h5-7,11H,3-4,8H2,1-2H3,(H2,21,22)(H,23,27)(H,28,29)/t11-/m0/s1. The Morgan fingerprint density at radius 1 is 1.39 bits per heavy atom. The van der Waals surface area contributed by atoms with E-state index in [0.29, 0.717) is 29.6 Å². The van der Waals surface area contributed by atoms with E-state index in [-0.39, 0.29) is 18.4 Å². The summed E-state index contributed by atoms with van der Waals surface area (Å²) < 4.78 is 8.12. The number of nitrogens with one attached hydrogen (secondary N) is 1. The normalized spacial score (nSPS) is 16.5. The molecule has 3 aromatic heterocycles. The van der Waals surface area contributed by atoms with Crippen LogP contribution in [0.1, 0.15) is 18.0 Å². The van der Waals surface area contributed by atoms with Crippen molar-refractivity contribution in [2.75, 3.05) is 25.9 Å². The Labute approximate surface area is 179 Å². The SMILES string of the molecule is COc1cc(C)cc2cc(-c3nn([C@H]4CCN(C(=O)O)C4)c4c(=O)[nH]nc(N)c34)sc12. The second kappa shape index (κ2) is 6.98. The number of nitrogen functional groups attached to an aromatic ring is 1. The molecule has 1 amide bonds. The van der Waals surface area contributed by atoms with Crippen LogP contribution in [0.4, 0.5) is 10.6 Å². The van der Waals surface area contributed by atoms with Crippen molar-refractivity contribution in [3.05, 3.63) is 34.1 Å². The minimum absolute atomic E-state index is 0.171. The van der Waals surface area contributed by atoms with Gasteiger partial charge in [-0.2, -0.15) is 10.2 Å². The Bertz CT molecular complexity index is 1400. The first-order valence-corrected chi connectivity index (χ1v) is 10.5. The number of methoxy groups -OCH3 is 1. The van der Waals surface area contributed by atoms with Crippen molar-refractivity contribution in [3.63, 3.8) is 0 Å². The minimum atomic E-state index is -0.985. The van der Waals surface area contributed by atoms with Crippen LogP contribution in [-0.2, 0) is 0 Å². The number of aromatic nitrogens is 4. The summed E-state index contributed by atoms with van der Waals surface area (Å²) in [6.45, 7) is 2.64. The minimum Gasteiger partial charge on any atom is -0.495 e. The van der Waals surface area contributed by atoms with E-state index in [9.17, 15) is 14.7 Å². The van der Waals surface area contributed by atoms with Crippen LogP contribution in [0.2, 0.25) is 0 Å². The van der Waals surface area contributed by atoms with Gasteiger partial charge in [-0.3, -0.25) is 9.48 Å². The fourth-order valence-electron chi connectivity index (χ4n) is 4.20. The zero-order valence-corrected chi connectivity index (χ0v) is 17.7. The van der Waals surface area contributed by atoms with Gasteiger partial charge in [-0.1, -0.05) is 6.07 Å². The number of anilines is 1. The van der Waals surface area contributed by atoms with Gasteiger partial charge in [-0.15, -0.1) is 11.3 Å². The number of hydrogen-bond acceptors (Lipinski definition) is 7. The highest BCUT2D eigenvalue weighted by molar-refractivity contribution is 7.22. The number of nitrogens with zero attached hydrogens (tertiary/aromatic N) is 4. The van der Waals surface area contributed by atoms with Crippen LogP contribution in [0.5, 0.6) is 5.75 Å². The Kier molecular flexibility index (Phi) is 4.36. The molecular weight excluding hydrogens is 420 g/mol. The van der Waals surface area contributed by atoms with Crippen LogP contribution in [0.3, 0.4) is 0 Å². The number of carbonyl (C=O) groups is 1. The smallest absolute Gasteiger partial charge is 0.407 e. The van der Waals surface area contributed by atoms with Crippen molar-refractivity contribution in [1.82, 2.24) is 24.9 Å². The van der Waals surface area contributed by atoms with Crippen molar-refractivity contribution < 1.29 is 14.6 Å². The maximum absolute atomic E-state index is 12.7. The summed E-state index contributed by atoms with van der Waals surface area (Å²) >= 11 is 1.50. The molecule has 1 saturated heterocycles. The van der Waals surface area contributed by atoms with Crippen molar-refractivity contribution in [3.8, 4) is 16.3 Å². The number of H-pyrrole nitrogens is 1. The predicted molar refractivity (Wildman–Crippen MR) is 118 cm³/mol. The van der Waals surface area contributed by atoms with Crippen molar-refractivity contribution >= 4 is 44.2 Å². The van der Waals surface area contributed by atoms with Gasteiger partial charge in [0.15, 0.2) is 5.82 Å². The van der Waals surface area contributed by atoms with Gasteiger partial charge in [-0.05, 0) is 36.4 Å². The van der Waals surface area contributed by atoms with Crippen LogP contribution < -0.4 is 16.0 Å². The van der Waals surface area contributed by atoms with Gasteiger partial charge in [-0.25, -0.2) is 9.89 Å². The number of aromatic amines is 1. The third-order valence-electron chi connectivity index (χ3n) is 5.62. The fraction of sp³-hybridized carbons (Fsp3) is 0.300. The lowest BCUT2D eigenvalue weighted by Gasteiger charge is -2.13. The molecule has 160 valence electrons. The van der Waals surface area contributed by atoms with E-state index in [1.54, 1.807) is 11.8 Å². The highest BCUT2D eigenvalue weighted by Gasteiger charge is 2.31. The molecule has 4 aromatic rings. The number of hydrogen-bond donors (Lipinski definition) is 3. The molecule has 1 fully saturated rings. The van der Waals surface area contributed by atoms with Crippen LogP contribution in [0, 0.1) is 6.92 Å². The van der Waals surface area contributed by atoms with E-state index in [1.165, 1.54) is 16.2 Å². The molecule has 1 aliphatic rings. The summed E-state index contributed by atoms with van der Waals surface area (Å²) in [5, 5.41) is 21.9. The Morgan fingerprint density at radius 3 is 2.90 bits per heavy atom. The summed E-state index contributed by atoms with van der Waals surface area (Å²) in [6, 6.07) is 5.77. The van der Waals surface area contributed by atoms with E-state index in [4.69, 9.17) is 15.6 Å². The molecule has 0 saturated carbocycles. The molecule has 0 bridgehead atoms. The maximum atomic E-state index is 12.7. The topological polar surface area (TPSA) is 139 Å². The summed E-state index contributed by atoms with van der Waals surface area (Å²) in [5.41, 5.74) is 7.69. The van der Waals surface area contributed by atoms with Crippen LogP contribution in [0.25, 0.3) is 31.6 Å². The molecule has 5 rings (SSSR count). The lowest BCUT2D eigenvalue weighted by molar-refractivity contribution is 0.154. The average molecular weight is 440 g/mol. The van der Waals surface area contributed by atoms with E-state index in [2.05, 4.69) is 16.3 Å². The van der Waals surface area contributed by atoms with Crippen LogP contribution >= 0.6 is 11.3 Å². The average Bonchev–Trinajstić information content (AvgIpc) is 3.45. The largest absolute Gasteiger partial charge is 0.495 e. The van der Waals surface area contributed by atoms with Gasteiger partial charge < -0.3 is 20.5 Å². The zero-order chi connectivity index (χ0) is 21.9. The number of thiophene rings is 1. The number of nitrogens with two attached hydrogens (primary N) is 1. The first-order valence-electron chi connectivity index (χ1n) is 9.70. The lowest BCUT2D eigenvalue weighted by atomic mass is 10.1. The summed E-state index contributed by atoms with van der Waals surface area (Å²) in [7, 11) is 1.63. The zero-order valence-electron chi connectivity index (χ0n) is 16.9. The number of fused-ring (bicyclic) bond motifs is 2. The molecule has 31 heavy (non-hydrogen) atoms. The molecule has 1 aromatic carbocycles. The fourth-order valence-corrected chi connectivity index (χ4v) is 5.32. The highest BCUT2D eigenvalue weighted by atomic mass is 32.1. The molecular formula is C20H20N6O4S. The molecule has 0 unspecified atom stereocenters. The Balaban J connectivity index is 1.74. The lowest BCUT2D eigenvalue weighted by Crippen LogP contribution is -2.27. The quantitative estimate of drug-likeness (QED) is 0.445. The number of likely N-dealkylation sites (tertiary alicyclic amines) is 1. The number of ether oxygens (including phenoxy) is 1. The molecule has 1 aliphatic heterocycles. The Hall–Kier alpha value is -3.60. The van der Waals surface area contributed by atoms with E-state index >= 15 is 0 Å². The van der Waals surface area contributed by atoms with Gasteiger partial charge in [0.05, 0.1) is 28.1 Å². The maximum Gasteiger partial charge on any atom is 0.407 e. The number of aryl methyl sites for hydroxylation is 1. The Morgan fingerprint density at radius 2 is 2.19 bits per heavy atom. The van der Waals surface area contributed by atoms with E-state index < -0.39 is 11.7 Å². The second-order valence-electron chi connectivity index (χ2n) is 7.62. The second-order valence-corrected chi connectivity index (χ2v) is 8.67. The summed E-state index contributed by atoms with van der Waals surface area (Å²) in [5.74, 6) is 0.941. The third kappa shape index (κ3) is 3.00. The van der Waals surface area contributed by atoms with Gasteiger partial charge in [0, 0.05) is 13.1 Å². The van der Waals surface area contributed by atoms with Crippen LogP contribution in [-0.4, -0.2) is 56.3 Å². The van der Waals surface area contributed by atoms with E-state index in [1.807, 2.05) is 19.1 Å². The number of rotatable bonds is 3. The van der Waals surface area contributed by atoms with Crippen LogP contribution in [0.15, 0.2) is 23.0 Å². The molecule has 0 spiro atoms. The molecule has 0 aliphatic carbocycles. The number of carboxylic acid groups (broad SMARTS) is 1. The number of benzene rings is 1. The van der Waals surface area contributed by atoms with Crippen molar-refractivity contribution in [2.24, 2.45) is 0 Å². The number of amides is 1. The molecule has 11 heteroatoms. The van der Waals surface area contributed by atoms with Gasteiger partial charge >= 0.3 is 6.09 Å². The molecule has 10 nitrogen and oxygen atoms in total. The summed E-state index contributed by atoms with van der Waals surface area (Å²) in [6.07, 6.45) is -0.426. The first-order chi connectivity index (χ1) is 14.9. The molecule has 1 atom stereocenters. The van der Waals surface area contributed by atoms with Gasteiger partial charge in [0.1, 0.15) is 17.0 Å². The van der Waals surface area contributed by atoms with Crippen molar-refractivity contribution in [1.29, 1.82) is 0 Å². The van der Waals surface area contributed by atoms with E-state index in [0.717, 1.165) is 26.3 Å². The monoisotopic (exact) mass is 440 g/mol. The third-order valence-corrected chi connectivity index (χ3v) is 6.79. The molecule has 4 N–H and O–H groups in total. The molecule has 4 heterocycles. The summed E-state index contributed by atoms with van der Waals surface area (Å²) in [4.78, 5) is 26.2. The van der Waals surface area contributed by atoms with Gasteiger partial charge in [0.2, 0.25) is 0 Å². The highest BCUT2D eigenvalue weighted by Crippen LogP contribution is 2.42. The predicted octanol–water partition coefficient (Wildman–Crippen LogP) is 2.83. The van der Waals surface area contributed by atoms with Crippen molar-refractivity contribution in [2.45, 2.75) is 19.4 Å². The first kappa shape index (κ1) is 19.4.